The number of esters is 1. The van der Waals surface area contributed by atoms with E-state index in [0.717, 1.165) is 11.8 Å². The van der Waals surface area contributed by atoms with Gasteiger partial charge in [-0.15, -0.1) is 0 Å². The van der Waals surface area contributed by atoms with Gasteiger partial charge in [-0.1, -0.05) is 53.2 Å². The molecule has 1 aliphatic heterocycles. The second-order valence-corrected chi connectivity index (χ2v) is 8.86. The molecule has 0 aliphatic carbocycles. The summed E-state index contributed by atoms with van der Waals surface area (Å²) < 4.78 is 4.99. The van der Waals surface area contributed by atoms with Crippen LogP contribution in [0.3, 0.4) is 0 Å². The van der Waals surface area contributed by atoms with E-state index >= 15 is 0 Å². The van der Waals surface area contributed by atoms with Crippen LogP contribution in [0, 0.1) is 11.3 Å². The first-order valence-corrected chi connectivity index (χ1v) is 11.8. The van der Waals surface area contributed by atoms with Crippen molar-refractivity contribution < 1.29 is 14.3 Å². The summed E-state index contributed by atoms with van der Waals surface area (Å²) in [5.74, 6) is -1.47. The Morgan fingerprint density at radius 1 is 1.18 bits per heavy atom. The molecule has 1 atom stereocenters. The van der Waals surface area contributed by atoms with E-state index in [4.69, 9.17) is 27.9 Å². The van der Waals surface area contributed by atoms with E-state index in [1.54, 1.807) is 62.4 Å². The minimum Gasteiger partial charge on any atom is -0.465 e. The maximum atomic E-state index is 13.4. The fourth-order valence-electron chi connectivity index (χ4n) is 3.41. The van der Waals surface area contributed by atoms with Gasteiger partial charge in [0.25, 0.3) is 5.91 Å². The first kappa shape index (κ1) is 24.7. The SMILES string of the molecule is CCOC(=O)CSC1=C(C#N)[C@@H](c2ccccc2Cl)C(C(=O)Nc2ccc(Cl)cc2)=C(C)N1. The average molecular weight is 502 g/mol. The maximum Gasteiger partial charge on any atom is 0.316 e. The van der Waals surface area contributed by atoms with Gasteiger partial charge in [0.1, 0.15) is 0 Å². The van der Waals surface area contributed by atoms with Crippen molar-refractivity contribution in [3.8, 4) is 6.07 Å². The number of dihydropyridines is 1. The molecule has 1 amide bonds. The number of carbonyl (C=O) groups is 2. The largest absolute Gasteiger partial charge is 0.465 e. The van der Waals surface area contributed by atoms with E-state index in [1.165, 1.54) is 0 Å². The molecule has 2 aromatic carbocycles. The van der Waals surface area contributed by atoms with Crippen molar-refractivity contribution in [2.45, 2.75) is 19.8 Å². The van der Waals surface area contributed by atoms with Gasteiger partial charge in [-0.25, -0.2) is 0 Å². The second-order valence-electron chi connectivity index (χ2n) is 7.03. The molecular formula is C24H21Cl2N3O3S. The Bertz CT molecular complexity index is 1170. The van der Waals surface area contributed by atoms with Crippen LogP contribution < -0.4 is 10.6 Å². The van der Waals surface area contributed by atoms with Crippen LogP contribution in [0.1, 0.15) is 25.3 Å². The van der Waals surface area contributed by atoms with Crippen LogP contribution in [0.5, 0.6) is 0 Å². The molecule has 2 aromatic rings. The van der Waals surface area contributed by atoms with Gasteiger partial charge in [0.05, 0.1) is 34.9 Å². The number of anilines is 1. The average Bonchev–Trinajstić information content (AvgIpc) is 2.79. The topological polar surface area (TPSA) is 91.2 Å². The highest BCUT2D eigenvalue weighted by Crippen LogP contribution is 2.43. The van der Waals surface area contributed by atoms with Gasteiger partial charge in [-0.3, -0.25) is 9.59 Å². The standard InChI is InChI=1S/C24H21Cl2N3O3S/c1-3-32-20(30)13-33-24-18(12-27)22(17-6-4-5-7-19(17)26)21(14(2)28-24)23(31)29-16-10-8-15(25)9-11-16/h4-11,22,28H,3,13H2,1-2H3,(H,29,31)/t22-/m1/s1. The van der Waals surface area contributed by atoms with E-state index in [0.29, 0.717) is 43.2 Å². The summed E-state index contributed by atoms with van der Waals surface area (Å²) in [4.78, 5) is 25.3. The van der Waals surface area contributed by atoms with E-state index in [9.17, 15) is 14.9 Å². The molecule has 170 valence electrons. The van der Waals surface area contributed by atoms with Gasteiger partial charge < -0.3 is 15.4 Å². The Balaban J connectivity index is 2.03. The first-order valence-electron chi connectivity index (χ1n) is 10.1. The number of halogens is 2. The Labute approximate surface area is 206 Å². The van der Waals surface area contributed by atoms with Crippen molar-refractivity contribution >= 4 is 52.5 Å². The van der Waals surface area contributed by atoms with Gasteiger partial charge in [0.2, 0.25) is 0 Å². The van der Waals surface area contributed by atoms with Crippen LogP contribution >= 0.6 is 35.0 Å². The Morgan fingerprint density at radius 3 is 2.52 bits per heavy atom. The lowest BCUT2D eigenvalue weighted by Crippen LogP contribution is -2.31. The Morgan fingerprint density at radius 2 is 1.88 bits per heavy atom. The molecule has 0 bridgehead atoms. The smallest absolute Gasteiger partial charge is 0.316 e. The highest BCUT2D eigenvalue weighted by Gasteiger charge is 2.36. The van der Waals surface area contributed by atoms with Crippen LogP contribution in [-0.2, 0) is 14.3 Å². The molecule has 0 radical (unpaired) electrons. The van der Waals surface area contributed by atoms with E-state index < -0.39 is 11.9 Å². The number of nitrogens with one attached hydrogen (secondary N) is 2. The summed E-state index contributed by atoms with van der Waals surface area (Å²) in [5.41, 5.74) is 2.38. The summed E-state index contributed by atoms with van der Waals surface area (Å²) >= 11 is 13.6. The first-order chi connectivity index (χ1) is 15.8. The third kappa shape index (κ3) is 5.91. The van der Waals surface area contributed by atoms with Gasteiger partial charge >= 0.3 is 5.97 Å². The van der Waals surface area contributed by atoms with Crippen molar-refractivity contribution in [1.82, 2.24) is 5.32 Å². The lowest BCUT2D eigenvalue weighted by molar-refractivity contribution is -0.139. The molecular weight excluding hydrogens is 481 g/mol. The predicted octanol–water partition coefficient (Wildman–Crippen LogP) is 5.62. The highest BCUT2D eigenvalue weighted by molar-refractivity contribution is 8.03. The van der Waals surface area contributed by atoms with Gasteiger partial charge in [0.15, 0.2) is 0 Å². The van der Waals surface area contributed by atoms with E-state index in [-0.39, 0.29) is 18.3 Å². The molecule has 0 spiro atoms. The number of benzene rings is 2. The molecule has 1 heterocycles. The predicted molar refractivity (Wildman–Crippen MR) is 132 cm³/mol. The second kappa shape index (κ2) is 11.3. The van der Waals surface area contributed by atoms with Crippen LogP contribution in [-0.4, -0.2) is 24.2 Å². The number of rotatable bonds is 7. The zero-order chi connectivity index (χ0) is 24.0. The number of amides is 1. The van der Waals surface area contributed by atoms with Crippen LogP contribution in [0.25, 0.3) is 0 Å². The zero-order valence-electron chi connectivity index (χ0n) is 17.9. The molecule has 1 aliphatic rings. The van der Waals surface area contributed by atoms with Crippen molar-refractivity contribution in [1.29, 1.82) is 5.26 Å². The molecule has 3 rings (SSSR count). The molecule has 0 saturated heterocycles. The normalized spacial score (nSPS) is 15.5. The number of nitriles is 1. The number of ether oxygens (including phenoxy) is 1. The van der Waals surface area contributed by atoms with Crippen LogP contribution in [0.4, 0.5) is 5.69 Å². The molecule has 2 N–H and O–H groups in total. The third-order valence-electron chi connectivity index (χ3n) is 4.85. The molecule has 33 heavy (non-hydrogen) atoms. The minimum atomic E-state index is -0.720. The number of hydrogen-bond acceptors (Lipinski definition) is 6. The highest BCUT2D eigenvalue weighted by atomic mass is 35.5. The Hall–Kier alpha value is -2.92. The van der Waals surface area contributed by atoms with Crippen molar-refractivity contribution in [2.75, 3.05) is 17.7 Å². The van der Waals surface area contributed by atoms with E-state index in [1.807, 2.05) is 0 Å². The summed E-state index contributed by atoms with van der Waals surface area (Å²) in [6, 6.07) is 16.0. The van der Waals surface area contributed by atoms with E-state index in [2.05, 4.69) is 16.7 Å². The number of carbonyl (C=O) groups excluding carboxylic acids is 2. The minimum absolute atomic E-state index is 0.0240. The summed E-state index contributed by atoms with van der Waals surface area (Å²) in [5, 5.41) is 17.5. The van der Waals surface area contributed by atoms with Crippen molar-refractivity contribution in [3.63, 3.8) is 0 Å². The molecule has 0 saturated carbocycles. The van der Waals surface area contributed by atoms with Crippen molar-refractivity contribution in [3.05, 3.63) is 86.0 Å². The number of nitrogens with zero attached hydrogens (tertiary/aromatic N) is 1. The summed E-state index contributed by atoms with van der Waals surface area (Å²) in [7, 11) is 0. The molecule has 0 unspecified atom stereocenters. The monoisotopic (exact) mass is 501 g/mol. The van der Waals surface area contributed by atoms with Crippen molar-refractivity contribution in [2.24, 2.45) is 0 Å². The van der Waals surface area contributed by atoms with Gasteiger partial charge in [0, 0.05) is 27.0 Å². The number of thioether (sulfide) groups is 1. The Kier molecular flexibility index (Phi) is 8.45. The summed E-state index contributed by atoms with van der Waals surface area (Å²) in [6.45, 7) is 3.75. The van der Waals surface area contributed by atoms with Crippen LogP contribution in [0.2, 0.25) is 10.0 Å². The molecule has 0 fully saturated rings. The number of hydrogen-bond donors (Lipinski definition) is 2. The fourth-order valence-corrected chi connectivity index (χ4v) is 4.67. The quantitative estimate of drug-likeness (QED) is 0.478. The number of allylic oxidation sites excluding steroid dienone is 2. The molecule has 6 nitrogen and oxygen atoms in total. The third-order valence-corrected chi connectivity index (χ3v) is 6.44. The lowest BCUT2D eigenvalue weighted by Gasteiger charge is -2.30. The zero-order valence-corrected chi connectivity index (χ0v) is 20.3. The van der Waals surface area contributed by atoms with Gasteiger partial charge in [-0.05, 0) is 49.7 Å². The fraction of sp³-hybridized carbons (Fsp3) is 0.208. The maximum absolute atomic E-state index is 13.4. The molecule has 9 heteroatoms. The molecule has 0 aromatic heterocycles. The van der Waals surface area contributed by atoms with Gasteiger partial charge in [-0.2, -0.15) is 5.26 Å². The lowest BCUT2D eigenvalue weighted by atomic mass is 9.82. The summed E-state index contributed by atoms with van der Waals surface area (Å²) in [6.07, 6.45) is 0. The van der Waals surface area contributed by atoms with Crippen LogP contribution in [0.15, 0.2) is 70.4 Å².